The van der Waals surface area contributed by atoms with Crippen LogP contribution in [-0.4, -0.2) is 30.0 Å². The van der Waals surface area contributed by atoms with Crippen LogP contribution >= 0.6 is 0 Å². The largest absolute Gasteiger partial charge is 0.481 e. The van der Waals surface area contributed by atoms with Gasteiger partial charge in [-0.1, -0.05) is 0 Å². The topological polar surface area (TPSA) is 107 Å². The lowest BCUT2D eigenvalue weighted by molar-refractivity contribution is -0.386. The van der Waals surface area contributed by atoms with Crippen molar-refractivity contribution in [1.82, 2.24) is 5.32 Å². The Kier molecular flexibility index (Phi) is 2.92. The normalized spacial score (nSPS) is 15.1. The molecule has 1 fully saturated rings. The van der Waals surface area contributed by atoms with Gasteiger partial charge in [-0.25, -0.2) is 0 Å². The molecule has 1 heterocycles. The van der Waals surface area contributed by atoms with E-state index >= 15 is 0 Å². The third kappa shape index (κ3) is 2.34. The van der Waals surface area contributed by atoms with Gasteiger partial charge in [-0.3, -0.25) is 14.9 Å². The fraction of sp³-hybridized carbons (Fsp3) is 0.300. The predicted octanol–water partition coefficient (Wildman–Crippen LogP) is 0.0443. The highest BCUT2D eigenvalue weighted by Gasteiger charge is 2.24. The van der Waals surface area contributed by atoms with E-state index in [1.54, 1.807) is 0 Å². The number of nitrogens with two attached hydrogens (primary N) is 1. The Morgan fingerprint density at radius 2 is 2.24 bits per heavy atom. The van der Waals surface area contributed by atoms with Crippen molar-refractivity contribution >= 4 is 11.6 Å². The van der Waals surface area contributed by atoms with Crippen molar-refractivity contribution in [3.05, 3.63) is 33.9 Å². The maximum absolute atomic E-state index is 10.9. The Hall–Kier alpha value is -2.15. The van der Waals surface area contributed by atoms with E-state index in [2.05, 4.69) is 5.32 Å². The smallest absolute Gasteiger partial charge is 0.311 e. The third-order valence-corrected chi connectivity index (χ3v) is 2.48. The maximum Gasteiger partial charge on any atom is 0.311 e. The van der Waals surface area contributed by atoms with Gasteiger partial charge in [-0.2, -0.15) is 0 Å². The first-order valence-corrected chi connectivity index (χ1v) is 5.03. The molecule has 0 radical (unpaired) electrons. The number of carbonyl (C=O) groups excluding carboxylic acids is 1. The van der Waals surface area contributed by atoms with Gasteiger partial charge in [0.1, 0.15) is 6.10 Å². The lowest BCUT2D eigenvalue weighted by Crippen LogP contribution is -2.50. The molecule has 1 saturated heterocycles. The Labute approximate surface area is 96.7 Å². The molecule has 1 aliphatic heterocycles. The SMILES string of the molecule is NC(=O)c1ccc(OC2CNC2)c([N+](=O)[O-])c1. The number of hydrogen-bond donors (Lipinski definition) is 2. The number of ether oxygens (including phenoxy) is 1. The second-order valence-corrected chi connectivity index (χ2v) is 3.70. The summed E-state index contributed by atoms with van der Waals surface area (Å²) >= 11 is 0. The number of primary amides is 1. The van der Waals surface area contributed by atoms with Gasteiger partial charge in [-0.15, -0.1) is 0 Å². The van der Waals surface area contributed by atoms with E-state index in [1.165, 1.54) is 12.1 Å². The molecule has 0 atom stereocenters. The fourth-order valence-electron chi connectivity index (χ4n) is 1.44. The first kappa shape index (κ1) is 11.3. The summed E-state index contributed by atoms with van der Waals surface area (Å²) in [6.45, 7) is 1.32. The molecule has 0 unspecified atom stereocenters. The molecule has 1 aromatic rings. The predicted molar refractivity (Wildman–Crippen MR) is 58.9 cm³/mol. The van der Waals surface area contributed by atoms with Gasteiger partial charge in [0, 0.05) is 24.7 Å². The number of carbonyl (C=O) groups is 1. The first-order valence-electron chi connectivity index (χ1n) is 5.03. The molecule has 0 bridgehead atoms. The number of hydrogen-bond acceptors (Lipinski definition) is 5. The lowest BCUT2D eigenvalue weighted by atomic mass is 10.1. The quantitative estimate of drug-likeness (QED) is 0.568. The van der Waals surface area contributed by atoms with Gasteiger partial charge >= 0.3 is 5.69 Å². The van der Waals surface area contributed by atoms with Crippen molar-refractivity contribution in [2.45, 2.75) is 6.10 Å². The molecule has 0 spiro atoms. The monoisotopic (exact) mass is 237 g/mol. The third-order valence-electron chi connectivity index (χ3n) is 2.48. The van der Waals surface area contributed by atoms with Crippen LogP contribution in [0.2, 0.25) is 0 Å². The highest BCUT2D eigenvalue weighted by atomic mass is 16.6. The Morgan fingerprint density at radius 3 is 2.71 bits per heavy atom. The zero-order valence-corrected chi connectivity index (χ0v) is 8.88. The standard InChI is InChI=1S/C10H11N3O4/c11-10(14)6-1-2-9(8(3-6)13(15)16)17-7-4-12-5-7/h1-3,7,12H,4-5H2,(H2,11,14). The van der Waals surface area contributed by atoms with Crippen molar-refractivity contribution in [1.29, 1.82) is 0 Å². The summed E-state index contributed by atoms with van der Waals surface area (Å²) in [5, 5.41) is 13.8. The number of nitro benzene ring substituents is 1. The van der Waals surface area contributed by atoms with Crippen LogP contribution in [0.25, 0.3) is 0 Å². The molecule has 3 N–H and O–H groups in total. The Morgan fingerprint density at radius 1 is 1.53 bits per heavy atom. The van der Waals surface area contributed by atoms with E-state index in [1.807, 2.05) is 0 Å². The number of rotatable bonds is 4. The van der Waals surface area contributed by atoms with Gasteiger partial charge in [-0.05, 0) is 12.1 Å². The molecule has 1 aromatic carbocycles. The molecule has 7 nitrogen and oxygen atoms in total. The second-order valence-electron chi connectivity index (χ2n) is 3.70. The summed E-state index contributed by atoms with van der Waals surface area (Å²) in [5.41, 5.74) is 4.91. The van der Waals surface area contributed by atoms with E-state index < -0.39 is 10.8 Å². The number of nitrogens with one attached hydrogen (secondary N) is 1. The van der Waals surface area contributed by atoms with Crippen molar-refractivity contribution in [2.75, 3.05) is 13.1 Å². The van der Waals surface area contributed by atoms with Crippen LogP contribution in [0.1, 0.15) is 10.4 Å². The summed E-state index contributed by atoms with van der Waals surface area (Å²) in [4.78, 5) is 21.2. The summed E-state index contributed by atoms with van der Waals surface area (Å²) in [6, 6.07) is 3.94. The molecular formula is C10H11N3O4. The van der Waals surface area contributed by atoms with E-state index in [-0.39, 0.29) is 23.1 Å². The summed E-state index contributed by atoms with van der Waals surface area (Å²) < 4.78 is 5.42. The summed E-state index contributed by atoms with van der Waals surface area (Å²) in [5.74, 6) is -0.545. The van der Waals surface area contributed by atoms with Crippen molar-refractivity contribution in [2.24, 2.45) is 5.73 Å². The fourth-order valence-corrected chi connectivity index (χ4v) is 1.44. The maximum atomic E-state index is 10.9. The molecule has 0 aliphatic carbocycles. The Balaban J connectivity index is 2.30. The number of nitro groups is 1. The number of benzene rings is 1. The minimum absolute atomic E-state index is 0.0619. The van der Waals surface area contributed by atoms with Crippen LogP contribution in [0, 0.1) is 10.1 Å². The molecule has 1 aliphatic rings. The zero-order chi connectivity index (χ0) is 12.4. The molecule has 90 valence electrons. The van der Waals surface area contributed by atoms with Crippen LogP contribution < -0.4 is 15.8 Å². The average Bonchev–Trinajstić information content (AvgIpc) is 2.23. The molecule has 0 aromatic heterocycles. The minimum Gasteiger partial charge on any atom is -0.481 e. The molecule has 17 heavy (non-hydrogen) atoms. The lowest BCUT2D eigenvalue weighted by Gasteiger charge is -2.27. The number of amides is 1. The molecule has 2 rings (SSSR count). The number of nitrogens with zero attached hydrogens (tertiary/aromatic N) is 1. The van der Waals surface area contributed by atoms with Crippen LogP contribution in [0.3, 0.4) is 0 Å². The van der Waals surface area contributed by atoms with Gasteiger partial charge in [0.2, 0.25) is 5.91 Å². The van der Waals surface area contributed by atoms with Gasteiger partial charge in [0.05, 0.1) is 4.92 Å². The molecule has 0 saturated carbocycles. The van der Waals surface area contributed by atoms with E-state index in [4.69, 9.17) is 10.5 Å². The van der Waals surface area contributed by atoms with Gasteiger partial charge in [0.25, 0.3) is 0 Å². The van der Waals surface area contributed by atoms with Crippen LogP contribution in [-0.2, 0) is 0 Å². The molecule has 1 amide bonds. The van der Waals surface area contributed by atoms with Gasteiger partial charge in [0.15, 0.2) is 5.75 Å². The molecule has 7 heteroatoms. The average molecular weight is 237 g/mol. The van der Waals surface area contributed by atoms with E-state index in [0.29, 0.717) is 13.1 Å². The van der Waals surface area contributed by atoms with E-state index in [0.717, 1.165) is 6.07 Å². The zero-order valence-electron chi connectivity index (χ0n) is 8.88. The van der Waals surface area contributed by atoms with Crippen LogP contribution in [0.5, 0.6) is 5.75 Å². The minimum atomic E-state index is -0.704. The Bertz CT molecular complexity index is 471. The van der Waals surface area contributed by atoms with Crippen molar-refractivity contribution < 1.29 is 14.5 Å². The van der Waals surface area contributed by atoms with Crippen molar-refractivity contribution in [3.63, 3.8) is 0 Å². The highest BCUT2D eigenvalue weighted by Crippen LogP contribution is 2.29. The van der Waals surface area contributed by atoms with Crippen molar-refractivity contribution in [3.8, 4) is 5.75 Å². The summed E-state index contributed by atoms with van der Waals surface area (Å²) in [6.07, 6.45) is -0.0619. The van der Waals surface area contributed by atoms with Crippen LogP contribution in [0.4, 0.5) is 5.69 Å². The van der Waals surface area contributed by atoms with E-state index in [9.17, 15) is 14.9 Å². The summed E-state index contributed by atoms with van der Waals surface area (Å²) in [7, 11) is 0. The molecular weight excluding hydrogens is 226 g/mol. The van der Waals surface area contributed by atoms with Crippen LogP contribution in [0.15, 0.2) is 18.2 Å². The van der Waals surface area contributed by atoms with Gasteiger partial charge < -0.3 is 15.8 Å². The second kappa shape index (κ2) is 4.38. The first-order chi connectivity index (χ1) is 8.08. The highest BCUT2D eigenvalue weighted by molar-refractivity contribution is 5.93.